The van der Waals surface area contributed by atoms with Gasteiger partial charge in [0.2, 0.25) is 10.0 Å². The van der Waals surface area contributed by atoms with Crippen LogP contribution >= 0.6 is 23.2 Å². The summed E-state index contributed by atoms with van der Waals surface area (Å²) < 4.78 is 31.1. The molecule has 0 aromatic heterocycles. The van der Waals surface area contributed by atoms with Gasteiger partial charge in [0.05, 0.1) is 28.1 Å². The summed E-state index contributed by atoms with van der Waals surface area (Å²) in [5, 5.41) is 3.79. The van der Waals surface area contributed by atoms with Crippen LogP contribution < -0.4 is 0 Å². The summed E-state index contributed by atoms with van der Waals surface area (Å²) in [6.07, 6.45) is 0.0529. The lowest BCUT2D eigenvalue weighted by Gasteiger charge is -2.22. The molecule has 1 fully saturated rings. The number of methoxy groups -OCH3 is 1. The summed E-state index contributed by atoms with van der Waals surface area (Å²) in [7, 11) is -2.87. The number of benzene rings is 1. The molecule has 0 saturated carbocycles. The summed E-state index contributed by atoms with van der Waals surface area (Å²) in [6.45, 7) is -0.119. The molecule has 2 atom stereocenters. The number of ether oxygens (including phenoxy) is 1. The van der Waals surface area contributed by atoms with E-state index in [0.717, 1.165) is 11.4 Å². The van der Waals surface area contributed by atoms with Gasteiger partial charge in [-0.25, -0.2) is 8.42 Å². The minimum Gasteiger partial charge on any atom is -0.468 e. The largest absolute Gasteiger partial charge is 0.468 e. The molecule has 11 heteroatoms. The van der Waals surface area contributed by atoms with E-state index >= 15 is 0 Å². The van der Waals surface area contributed by atoms with E-state index in [9.17, 15) is 13.2 Å². The summed E-state index contributed by atoms with van der Waals surface area (Å²) >= 11 is 11.6. The fraction of sp³-hybridized carbons (Fsp3) is 0.417. The van der Waals surface area contributed by atoms with Crippen molar-refractivity contribution in [3.63, 3.8) is 0 Å². The van der Waals surface area contributed by atoms with Crippen LogP contribution in [0, 0.1) is 0 Å². The fourth-order valence-electron chi connectivity index (χ4n) is 2.33. The van der Waals surface area contributed by atoms with Crippen molar-refractivity contribution in [1.82, 2.24) is 4.31 Å². The number of hydrogen-bond acceptors (Lipinski definition) is 5. The average Bonchev–Trinajstić information content (AvgIpc) is 2.94. The maximum Gasteiger partial charge on any atom is 0.324 e. The van der Waals surface area contributed by atoms with Gasteiger partial charge in [0.25, 0.3) is 0 Å². The molecule has 23 heavy (non-hydrogen) atoms. The summed E-state index contributed by atoms with van der Waals surface area (Å²) in [5.74, 6) is -0.718. The van der Waals surface area contributed by atoms with Gasteiger partial charge in [-0.3, -0.25) is 4.79 Å². The number of esters is 1. The zero-order chi connectivity index (χ0) is 17.2. The summed E-state index contributed by atoms with van der Waals surface area (Å²) in [5.41, 5.74) is 8.52. The van der Waals surface area contributed by atoms with Crippen LogP contribution in [0.25, 0.3) is 10.4 Å². The first-order valence-corrected chi connectivity index (χ1v) is 8.59. The highest BCUT2D eigenvalue weighted by molar-refractivity contribution is 7.89. The molecule has 0 N–H and O–H groups in total. The van der Waals surface area contributed by atoms with Crippen molar-refractivity contribution < 1.29 is 17.9 Å². The number of hydrogen-bond donors (Lipinski definition) is 0. The number of carbonyl (C=O) groups is 1. The van der Waals surface area contributed by atoms with Gasteiger partial charge in [-0.2, -0.15) is 4.31 Å². The maximum absolute atomic E-state index is 12.8. The second-order valence-electron chi connectivity index (χ2n) is 4.78. The van der Waals surface area contributed by atoms with E-state index in [2.05, 4.69) is 14.8 Å². The minimum absolute atomic E-state index is 0.0529. The van der Waals surface area contributed by atoms with Gasteiger partial charge >= 0.3 is 5.97 Å². The molecule has 0 spiro atoms. The Labute approximate surface area is 142 Å². The third kappa shape index (κ3) is 3.54. The predicted molar refractivity (Wildman–Crippen MR) is 83.7 cm³/mol. The molecule has 1 aromatic rings. The van der Waals surface area contributed by atoms with E-state index in [1.165, 1.54) is 18.2 Å². The lowest BCUT2D eigenvalue weighted by molar-refractivity contribution is -0.144. The molecule has 1 heterocycles. The monoisotopic (exact) mass is 378 g/mol. The SMILES string of the molecule is COC(=O)[C@H]1C[C@H](N=[N+]=[N-])CN1S(=O)(=O)c1ccc(Cl)c(Cl)c1. The molecule has 0 amide bonds. The Morgan fingerprint density at radius 2 is 2.13 bits per heavy atom. The molecule has 1 saturated heterocycles. The molecule has 0 radical (unpaired) electrons. The Balaban J connectivity index is 2.44. The van der Waals surface area contributed by atoms with Crippen molar-refractivity contribution in [2.75, 3.05) is 13.7 Å². The molecule has 0 aliphatic carbocycles. The van der Waals surface area contributed by atoms with Crippen molar-refractivity contribution >= 4 is 39.2 Å². The molecular formula is C12H12Cl2N4O4S. The molecule has 2 rings (SSSR count). The van der Waals surface area contributed by atoms with Crippen molar-refractivity contribution in [2.24, 2.45) is 5.11 Å². The van der Waals surface area contributed by atoms with Crippen LogP contribution in [0.3, 0.4) is 0 Å². The number of nitrogens with zero attached hydrogens (tertiary/aromatic N) is 4. The topological polar surface area (TPSA) is 112 Å². The van der Waals surface area contributed by atoms with Gasteiger partial charge in [-0.1, -0.05) is 28.3 Å². The Kier molecular flexibility index (Phi) is 5.38. The second kappa shape index (κ2) is 6.94. The highest BCUT2D eigenvalue weighted by Crippen LogP contribution is 2.31. The zero-order valence-corrected chi connectivity index (χ0v) is 14.2. The molecule has 8 nitrogen and oxygen atoms in total. The average molecular weight is 379 g/mol. The van der Waals surface area contributed by atoms with Crippen LogP contribution in [0.2, 0.25) is 10.0 Å². The molecule has 1 aliphatic rings. The first-order valence-electron chi connectivity index (χ1n) is 6.40. The van der Waals surface area contributed by atoms with Gasteiger partial charge in [0.1, 0.15) is 6.04 Å². The van der Waals surface area contributed by atoms with E-state index in [1.54, 1.807) is 0 Å². The molecule has 124 valence electrons. The molecule has 0 bridgehead atoms. The Morgan fingerprint density at radius 3 is 2.70 bits per heavy atom. The van der Waals surface area contributed by atoms with E-state index in [1.807, 2.05) is 0 Å². The smallest absolute Gasteiger partial charge is 0.324 e. The van der Waals surface area contributed by atoms with Crippen LogP contribution in [0.5, 0.6) is 0 Å². The van der Waals surface area contributed by atoms with Gasteiger partial charge in [0, 0.05) is 11.5 Å². The Bertz CT molecular complexity index is 779. The standard InChI is InChI=1S/C12H12Cl2N4O4S/c1-22-12(19)11-4-7(16-17-15)6-18(11)23(20,21)8-2-3-9(13)10(14)5-8/h2-3,5,7,11H,4,6H2,1H3/t7-,11+/m0/s1. The van der Waals surface area contributed by atoms with Crippen molar-refractivity contribution in [3.05, 3.63) is 38.7 Å². The Morgan fingerprint density at radius 1 is 1.43 bits per heavy atom. The van der Waals surface area contributed by atoms with Crippen molar-refractivity contribution in [1.29, 1.82) is 0 Å². The normalized spacial score (nSPS) is 21.7. The molecule has 1 aromatic carbocycles. The van der Waals surface area contributed by atoms with Crippen molar-refractivity contribution in [2.45, 2.75) is 23.4 Å². The van der Waals surface area contributed by atoms with Gasteiger partial charge in [-0.05, 0) is 30.2 Å². The second-order valence-corrected chi connectivity index (χ2v) is 7.49. The van der Waals surface area contributed by atoms with E-state index in [4.69, 9.17) is 28.7 Å². The fourth-order valence-corrected chi connectivity index (χ4v) is 4.35. The minimum atomic E-state index is -4.03. The molecule has 1 aliphatic heterocycles. The number of sulfonamides is 1. The van der Waals surface area contributed by atoms with Crippen LogP contribution in [0.15, 0.2) is 28.2 Å². The van der Waals surface area contributed by atoms with Crippen LogP contribution in [-0.4, -0.2) is 44.4 Å². The Hall–Kier alpha value is -1.51. The quantitative estimate of drug-likeness (QED) is 0.346. The molecule has 0 unspecified atom stereocenters. The van der Waals surface area contributed by atoms with Crippen LogP contribution in [0.1, 0.15) is 6.42 Å². The van der Waals surface area contributed by atoms with Gasteiger partial charge < -0.3 is 4.74 Å². The van der Waals surface area contributed by atoms with Crippen molar-refractivity contribution in [3.8, 4) is 0 Å². The molecular weight excluding hydrogens is 367 g/mol. The first-order chi connectivity index (χ1) is 10.8. The van der Waals surface area contributed by atoms with Crippen LogP contribution in [0.4, 0.5) is 0 Å². The van der Waals surface area contributed by atoms with E-state index in [0.29, 0.717) is 0 Å². The maximum atomic E-state index is 12.8. The summed E-state index contributed by atoms with van der Waals surface area (Å²) in [4.78, 5) is 14.4. The highest BCUT2D eigenvalue weighted by atomic mass is 35.5. The van der Waals surface area contributed by atoms with Crippen LogP contribution in [-0.2, 0) is 19.6 Å². The number of carbonyl (C=O) groups excluding carboxylic acids is 1. The number of rotatable bonds is 4. The van der Waals surface area contributed by atoms with E-state index < -0.39 is 28.1 Å². The lowest BCUT2D eigenvalue weighted by Crippen LogP contribution is -2.41. The summed E-state index contributed by atoms with van der Waals surface area (Å²) in [6, 6.07) is 2.13. The predicted octanol–water partition coefficient (Wildman–Crippen LogP) is 2.61. The highest BCUT2D eigenvalue weighted by Gasteiger charge is 2.44. The van der Waals surface area contributed by atoms with E-state index in [-0.39, 0.29) is 27.9 Å². The first kappa shape index (κ1) is 17.8. The third-order valence-electron chi connectivity index (χ3n) is 3.42. The van der Waals surface area contributed by atoms with Gasteiger partial charge in [-0.15, -0.1) is 0 Å². The third-order valence-corrected chi connectivity index (χ3v) is 6.03. The number of halogens is 2. The van der Waals surface area contributed by atoms with Gasteiger partial charge in [0.15, 0.2) is 0 Å². The zero-order valence-electron chi connectivity index (χ0n) is 11.9. The lowest BCUT2D eigenvalue weighted by atomic mass is 10.2. The number of azide groups is 1.